The van der Waals surface area contributed by atoms with Gasteiger partial charge < -0.3 is 9.47 Å². The Hall–Kier alpha value is -3.37. The minimum Gasteiger partial charge on any atom is -0.497 e. The number of carbonyl (C=O) groups excluding carboxylic acids is 1. The monoisotopic (exact) mass is 477 g/mol. The number of ether oxygens (including phenoxy) is 2. The summed E-state index contributed by atoms with van der Waals surface area (Å²) in [7, 11) is -1.46. The van der Waals surface area contributed by atoms with E-state index < -0.39 is 21.9 Å². The van der Waals surface area contributed by atoms with E-state index in [4.69, 9.17) is 21.1 Å². The van der Waals surface area contributed by atoms with Crippen LogP contribution >= 0.6 is 11.6 Å². The molecule has 0 saturated heterocycles. The Bertz CT molecular complexity index is 1280. The minimum absolute atomic E-state index is 0.0107. The molecule has 0 N–H and O–H groups in total. The van der Waals surface area contributed by atoms with Crippen molar-refractivity contribution in [3.05, 3.63) is 71.1 Å². The number of para-hydroxylation sites is 1. The molecule has 0 unspecified atom stereocenters. The molecule has 166 valence electrons. The van der Waals surface area contributed by atoms with Crippen LogP contribution in [0.4, 0.5) is 20.6 Å². The Balaban J connectivity index is 1.85. The molecule has 2 amide bonds. The predicted molar refractivity (Wildman–Crippen MR) is 116 cm³/mol. The highest BCUT2D eigenvalue weighted by atomic mass is 35.5. The van der Waals surface area contributed by atoms with E-state index in [-0.39, 0.29) is 45.0 Å². The summed E-state index contributed by atoms with van der Waals surface area (Å²) in [4.78, 5) is 18.5. The largest absolute Gasteiger partial charge is 0.497 e. The van der Waals surface area contributed by atoms with Gasteiger partial charge in [0.15, 0.2) is 0 Å². The first-order valence-electron chi connectivity index (χ1n) is 9.25. The lowest BCUT2D eigenvalue weighted by Gasteiger charge is -2.36. The molecule has 0 fully saturated rings. The van der Waals surface area contributed by atoms with E-state index in [0.717, 1.165) is 11.0 Å². The van der Waals surface area contributed by atoms with Crippen LogP contribution < -0.4 is 18.7 Å². The number of aromatic nitrogens is 1. The predicted octanol–water partition coefficient (Wildman–Crippen LogP) is 4.23. The van der Waals surface area contributed by atoms with Gasteiger partial charge in [0.1, 0.15) is 16.5 Å². The summed E-state index contributed by atoms with van der Waals surface area (Å²) < 4.78 is 52.0. The SMILES string of the molecule is COc1cc(F)c(CN2C(=O)N(c3ccc(OC)nc3)S(=O)(=O)c3ccccc32)c(Cl)c1. The Kier molecular flexibility index (Phi) is 5.66. The fourth-order valence-corrected chi connectivity index (χ4v) is 5.17. The lowest BCUT2D eigenvalue weighted by molar-refractivity contribution is 0.253. The maximum absolute atomic E-state index is 14.8. The second kappa shape index (κ2) is 8.29. The van der Waals surface area contributed by atoms with E-state index in [2.05, 4.69) is 4.98 Å². The average molecular weight is 478 g/mol. The van der Waals surface area contributed by atoms with Gasteiger partial charge in [-0.2, -0.15) is 4.31 Å². The van der Waals surface area contributed by atoms with E-state index in [1.807, 2.05) is 0 Å². The first kappa shape index (κ1) is 21.8. The second-order valence-electron chi connectivity index (χ2n) is 6.73. The highest BCUT2D eigenvalue weighted by Crippen LogP contribution is 2.39. The summed E-state index contributed by atoms with van der Waals surface area (Å²) in [5.41, 5.74) is 0.140. The lowest BCUT2D eigenvalue weighted by Crippen LogP contribution is -2.50. The van der Waals surface area contributed by atoms with Crippen LogP contribution in [0.3, 0.4) is 0 Å². The summed E-state index contributed by atoms with van der Waals surface area (Å²) in [6, 6.07) is 10.5. The van der Waals surface area contributed by atoms with Gasteiger partial charge in [0.2, 0.25) is 5.88 Å². The van der Waals surface area contributed by atoms with Crippen molar-refractivity contribution in [3.63, 3.8) is 0 Å². The molecule has 0 bridgehead atoms. The Morgan fingerprint density at radius 2 is 1.84 bits per heavy atom. The molecule has 2 heterocycles. The fourth-order valence-electron chi connectivity index (χ4n) is 3.33. The molecule has 3 aromatic rings. The summed E-state index contributed by atoms with van der Waals surface area (Å²) >= 11 is 6.24. The molecule has 2 aromatic carbocycles. The molecule has 0 spiro atoms. The van der Waals surface area contributed by atoms with Gasteiger partial charge in [-0.25, -0.2) is 22.6 Å². The molecular weight excluding hydrogens is 461 g/mol. The number of pyridine rings is 1. The number of hydrogen-bond donors (Lipinski definition) is 0. The van der Waals surface area contributed by atoms with E-state index in [0.29, 0.717) is 4.31 Å². The molecule has 0 radical (unpaired) electrons. The van der Waals surface area contributed by atoms with Crippen molar-refractivity contribution in [1.29, 1.82) is 0 Å². The Labute approximate surface area is 188 Å². The van der Waals surface area contributed by atoms with Crippen molar-refractivity contribution >= 4 is 39.0 Å². The maximum atomic E-state index is 14.8. The van der Waals surface area contributed by atoms with Gasteiger partial charge in [0.05, 0.1) is 43.4 Å². The van der Waals surface area contributed by atoms with Crippen LogP contribution in [0, 0.1) is 5.82 Å². The molecule has 0 aliphatic carbocycles. The van der Waals surface area contributed by atoms with Crippen LogP contribution in [0.1, 0.15) is 5.56 Å². The number of amides is 2. The van der Waals surface area contributed by atoms with Crippen LogP contribution in [0.5, 0.6) is 11.6 Å². The Morgan fingerprint density at radius 1 is 1.09 bits per heavy atom. The minimum atomic E-state index is -4.25. The molecule has 1 aliphatic rings. The van der Waals surface area contributed by atoms with Gasteiger partial charge in [-0.1, -0.05) is 23.7 Å². The zero-order chi connectivity index (χ0) is 23.0. The topological polar surface area (TPSA) is 89.0 Å². The standard InChI is InChI=1S/C21H17ClFN3O5S/c1-30-14-9-16(22)15(17(23)10-14)12-25-18-5-3-4-6-19(18)32(28,29)26(21(25)27)13-7-8-20(31-2)24-11-13/h3-11H,12H2,1-2H3. The van der Waals surface area contributed by atoms with Gasteiger partial charge in [-0.05, 0) is 24.3 Å². The summed E-state index contributed by atoms with van der Waals surface area (Å²) in [6.07, 6.45) is 1.21. The number of urea groups is 1. The second-order valence-corrected chi connectivity index (χ2v) is 8.90. The van der Waals surface area contributed by atoms with Crippen molar-refractivity contribution < 1.29 is 27.1 Å². The number of hydrogen-bond acceptors (Lipinski definition) is 6. The molecule has 4 rings (SSSR count). The van der Waals surface area contributed by atoms with E-state index in [1.165, 1.54) is 56.8 Å². The van der Waals surface area contributed by atoms with Crippen molar-refractivity contribution in [3.8, 4) is 11.6 Å². The zero-order valence-corrected chi connectivity index (χ0v) is 18.5. The van der Waals surface area contributed by atoms with Crippen LogP contribution in [-0.4, -0.2) is 33.7 Å². The molecule has 0 atom stereocenters. The number of nitrogens with zero attached hydrogens (tertiary/aromatic N) is 3. The van der Waals surface area contributed by atoms with Gasteiger partial charge in [-0.3, -0.25) is 4.90 Å². The number of rotatable bonds is 5. The highest BCUT2D eigenvalue weighted by Gasteiger charge is 2.43. The van der Waals surface area contributed by atoms with Crippen LogP contribution in [-0.2, 0) is 16.6 Å². The van der Waals surface area contributed by atoms with E-state index in [9.17, 15) is 17.6 Å². The van der Waals surface area contributed by atoms with Crippen molar-refractivity contribution in [2.45, 2.75) is 11.4 Å². The van der Waals surface area contributed by atoms with Crippen molar-refractivity contribution in [1.82, 2.24) is 4.98 Å². The normalized spacial score (nSPS) is 14.8. The van der Waals surface area contributed by atoms with Crippen molar-refractivity contribution in [2.24, 2.45) is 0 Å². The number of sulfonamides is 1. The maximum Gasteiger partial charge on any atom is 0.343 e. The number of fused-ring (bicyclic) bond motifs is 1. The summed E-state index contributed by atoms with van der Waals surface area (Å²) in [5.74, 6) is -0.221. The van der Waals surface area contributed by atoms with Crippen LogP contribution in [0.25, 0.3) is 0 Å². The third-order valence-electron chi connectivity index (χ3n) is 4.91. The van der Waals surface area contributed by atoms with Gasteiger partial charge in [-0.15, -0.1) is 0 Å². The number of anilines is 2. The molecule has 32 heavy (non-hydrogen) atoms. The quantitative estimate of drug-likeness (QED) is 0.546. The average Bonchev–Trinajstić information content (AvgIpc) is 2.78. The zero-order valence-electron chi connectivity index (χ0n) is 17.0. The third kappa shape index (κ3) is 3.61. The number of carbonyl (C=O) groups is 1. The van der Waals surface area contributed by atoms with Crippen molar-refractivity contribution in [2.75, 3.05) is 23.4 Å². The molecule has 1 aliphatic heterocycles. The first-order chi connectivity index (χ1) is 15.3. The summed E-state index contributed by atoms with van der Waals surface area (Å²) in [5, 5.41) is 0.0400. The van der Waals surface area contributed by atoms with Gasteiger partial charge in [0, 0.05) is 17.7 Å². The van der Waals surface area contributed by atoms with Gasteiger partial charge >= 0.3 is 6.03 Å². The smallest absolute Gasteiger partial charge is 0.343 e. The van der Waals surface area contributed by atoms with Crippen LogP contribution in [0.15, 0.2) is 59.6 Å². The number of halogens is 2. The molecular formula is C21H17ClFN3O5S. The number of methoxy groups -OCH3 is 2. The molecule has 0 saturated carbocycles. The molecule has 11 heteroatoms. The highest BCUT2D eigenvalue weighted by molar-refractivity contribution is 7.94. The lowest BCUT2D eigenvalue weighted by atomic mass is 10.1. The third-order valence-corrected chi connectivity index (χ3v) is 7.00. The molecule has 1 aromatic heterocycles. The van der Waals surface area contributed by atoms with Gasteiger partial charge in [0.25, 0.3) is 10.0 Å². The molecule has 8 nitrogen and oxygen atoms in total. The van der Waals surface area contributed by atoms with E-state index >= 15 is 0 Å². The summed E-state index contributed by atoms with van der Waals surface area (Å²) in [6.45, 7) is -0.305. The number of benzene rings is 2. The Morgan fingerprint density at radius 3 is 2.47 bits per heavy atom. The van der Waals surface area contributed by atoms with E-state index in [1.54, 1.807) is 6.07 Å². The first-order valence-corrected chi connectivity index (χ1v) is 11.1. The van der Waals surface area contributed by atoms with Crippen LogP contribution in [0.2, 0.25) is 5.02 Å². The fraction of sp³-hybridized carbons (Fsp3) is 0.143.